The third-order valence-corrected chi connectivity index (χ3v) is 3.92. The maximum atomic E-state index is 11.9. The number of carbonyl (C=O) groups excluding carboxylic acids is 3. The third-order valence-electron chi connectivity index (χ3n) is 3.92. The lowest BCUT2D eigenvalue weighted by Gasteiger charge is -2.44. The van der Waals surface area contributed by atoms with Crippen molar-refractivity contribution in [1.82, 2.24) is 5.32 Å². The molecule has 0 aromatic heterocycles. The van der Waals surface area contributed by atoms with Gasteiger partial charge < -0.3 is 19.5 Å². The maximum Gasteiger partial charge on any atom is 0.303 e. The summed E-state index contributed by atoms with van der Waals surface area (Å²) in [6, 6.07) is -0.340. The fourth-order valence-electron chi connectivity index (χ4n) is 2.81. The van der Waals surface area contributed by atoms with E-state index >= 15 is 0 Å². The van der Waals surface area contributed by atoms with Crippen molar-refractivity contribution in [2.24, 2.45) is 5.92 Å². The van der Waals surface area contributed by atoms with E-state index in [2.05, 4.69) is 11.2 Å². The predicted octanol–water partition coefficient (Wildman–Crippen LogP) is 0.803. The quantitative estimate of drug-likeness (QED) is 0.569. The van der Waals surface area contributed by atoms with Crippen LogP contribution in [-0.2, 0) is 28.6 Å². The van der Waals surface area contributed by atoms with Crippen LogP contribution in [0.4, 0.5) is 0 Å². The highest BCUT2D eigenvalue weighted by Gasteiger charge is 2.44. The van der Waals surface area contributed by atoms with Crippen LogP contribution in [0.15, 0.2) is 0 Å². The molecule has 1 N–H and O–H groups in total. The summed E-state index contributed by atoms with van der Waals surface area (Å²) >= 11 is 0. The van der Waals surface area contributed by atoms with E-state index in [-0.39, 0.29) is 37.0 Å². The van der Waals surface area contributed by atoms with Gasteiger partial charge in [0.2, 0.25) is 5.91 Å². The van der Waals surface area contributed by atoms with Crippen LogP contribution in [0.3, 0.4) is 0 Å². The van der Waals surface area contributed by atoms with Crippen LogP contribution < -0.4 is 5.32 Å². The van der Waals surface area contributed by atoms with Crippen LogP contribution in [0, 0.1) is 18.3 Å². The molecule has 24 heavy (non-hydrogen) atoms. The molecule has 0 spiro atoms. The minimum Gasteiger partial charge on any atom is -0.463 e. The summed E-state index contributed by atoms with van der Waals surface area (Å²) < 4.78 is 16.2. The molecule has 5 atom stereocenters. The van der Waals surface area contributed by atoms with Crippen LogP contribution in [-0.4, -0.2) is 48.8 Å². The van der Waals surface area contributed by atoms with Gasteiger partial charge in [0.25, 0.3) is 0 Å². The predicted molar refractivity (Wildman–Crippen MR) is 85.7 cm³/mol. The number of nitrogens with one attached hydrogen (secondary N) is 1. The highest BCUT2D eigenvalue weighted by molar-refractivity contribution is 5.76. The van der Waals surface area contributed by atoms with E-state index in [0.29, 0.717) is 6.42 Å². The first kappa shape index (κ1) is 20.0. The molecule has 1 amide bonds. The molecule has 0 aromatic carbocycles. The number of hydrogen-bond donors (Lipinski definition) is 1. The Bertz CT molecular complexity index is 512. The van der Waals surface area contributed by atoms with Gasteiger partial charge in [0, 0.05) is 32.6 Å². The van der Waals surface area contributed by atoms with E-state index in [0.717, 1.165) is 0 Å². The standard InChI is InChI=1S/C17H25NO6/c1-6-7-8-15(21)18-16-10(2)17(24-13(5)20)14(23-11(16)3)9-22-12(4)19/h1,10-11,14,16-17H,7-9H2,2-5H3,(H,18,21)/t10?,11-,14?,16-,17+/m0/s1. The molecule has 1 fully saturated rings. The Hall–Kier alpha value is -2.07. The molecule has 1 heterocycles. The number of terminal acetylenes is 1. The van der Waals surface area contributed by atoms with Gasteiger partial charge in [0.15, 0.2) is 0 Å². The highest BCUT2D eigenvalue weighted by Crippen LogP contribution is 2.29. The largest absolute Gasteiger partial charge is 0.463 e. The van der Waals surface area contributed by atoms with Gasteiger partial charge in [-0.1, -0.05) is 6.92 Å². The van der Waals surface area contributed by atoms with Crippen LogP contribution in [0.5, 0.6) is 0 Å². The van der Waals surface area contributed by atoms with Crippen molar-refractivity contribution in [2.45, 2.75) is 64.9 Å². The molecule has 1 rings (SSSR count). The lowest BCUT2D eigenvalue weighted by molar-refractivity contribution is -0.196. The van der Waals surface area contributed by atoms with Crippen molar-refractivity contribution in [3.63, 3.8) is 0 Å². The number of esters is 2. The molecule has 1 saturated heterocycles. The summed E-state index contributed by atoms with van der Waals surface area (Å²) in [6.45, 7) is 6.26. The molecule has 0 saturated carbocycles. The van der Waals surface area contributed by atoms with Crippen molar-refractivity contribution < 1.29 is 28.6 Å². The second-order valence-electron chi connectivity index (χ2n) is 5.91. The summed E-state index contributed by atoms with van der Waals surface area (Å²) in [7, 11) is 0. The summed E-state index contributed by atoms with van der Waals surface area (Å²) in [5.41, 5.74) is 0. The molecule has 0 aromatic rings. The van der Waals surface area contributed by atoms with Gasteiger partial charge in [-0.3, -0.25) is 14.4 Å². The number of amides is 1. The molecule has 0 radical (unpaired) electrons. The van der Waals surface area contributed by atoms with Crippen molar-refractivity contribution in [1.29, 1.82) is 0 Å². The van der Waals surface area contributed by atoms with Crippen LogP contribution in [0.25, 0.3) is 0 Å². The molecular weight excluding hydrogens is 314 g/mol. The Kier molecular flexibility index (Phi) is 7.72. The number of carbonyl (C=O) groups is 3. The molecule has 134 valence electrons. The topological polar surface area (TPSA) is 90.9 Å². The minimum absolute atomic E-state index is 0.0142. The second-order valence-corrected chi connectivity index (χ2v) is 5.91. The van der Waals surface area contributed by atoms with Crippen LogP contribution >= 0.6 is 0 Å². The van der Waals surface area contributed by atoms with Crippen molar-refractivity contribution in [3.8, 4) is 12.3 Å². The smallest absolute Gasteiger partial charge is 0.303 e. The third kappa shape index (κ3) is 5.85. The summed E-state index contributed by atoms with van der Waals surface area (Å²) in [5.74, 6) is 1.12. The first-order valence-electron chi connectivity index (χ1n) is 7.95. The normalized spacial score (nSPS) is 29.2. The first-order chi connectivity index (χ1) is 11.3. The Balaban J connectivity index is 2.83. The molecule has 0 bridgehead atoms. The zero-order valence-electron chi connectivity index (χ0n) is 14.5. The molecule has 0 aliphatic carbocycles. The fourth-order valence-corrected chi connectivity index (χ4v) is 2.81. The molecule has 7 nitrogen and oxygen atoms in total. The average molecular weight is 339 g/mol. The fraction of sp³-hybridized carbons (Fsp3) is 0.706. The Morgan fingerprint density at radius 2 is 1.88 bits per heavy atom. The van der Waals surface area contributed by atoms with Gasteiger partial charge in [-0.2, -0.15) is 0 Å². The molecular formula is C17H25NO6. The van der Waals surface area contributed by atoms with Crippen LogP contribution in [0.1, 0.15) is 40.5 Å². The Labute approximate surface area is 142 Å². The zero-order chi connectivity index (χ0) is 18.3. The molecule has 2 unspecified atom stereocenters. The second kappa shape index (κ2) is 9.28. The number of rotatable bonds is 6. The first-order valence-corrected chi connectivity index (χ1v) is 7.95. The van der Waals surface area contributed by atoms with Gasteiger partial charge >= 0.3 is 11.9 Å². The van der Waals surface area contributed by atoms with E-state index < -0.39 is 24.1 Å². The van der Waals surface area contributed by atoms with Crippen molar-refractivity contribution >= 4 is 17.8 Å². The van der Waals surface area contributed by atoms with E-state index in [1.165, 1.54) is 13.8 Å². The summed E-state index contributed by atoms with van der Waals surface area (Å²) in [6.07, 6.45) is 4.20. The lowest BCUT2D eigenvalue weighted by Crippen LogP contribution is -2.60. The zero-order valence-corrected chi connectivity index (χ0v) is 14.5. The molecule has 1 aliphatic heterocycles. The van der Waals surface area contributed by atoms with Gasteiger partial charge in [-0.15, -0.1) is 12.3 Å². The van der Waals surface area contributed by atoms with E-state index in [1.807, 2.05) is 13.8 Å². The van der Waals surface area contributed by atoms with Gasteiger partial charge in [-0.05, 0) is 6.92 Å². The van der Waals surface area contributed by atoms with Gasteiger partial charge in [0.05, 0.1) is 12.1 Å². The number of hydrogen-bond acceptors (Lipinski definition) is 6. The SMILES string of the molecule is C#CCCC(=O)N[C@H]1C(C)[C@@H](OC(C)=O)C(COC(C)=O)O[C@H]1C. The highest BCUT2D eigenvalue weighted by atomic mass is 16.6. The molecule has 1 aliphatic rings. The van der Waals surface area contributed by atoms with E-state index in [4.69, 9.17) is 20.6 Å². The van der Waals surface area contributed by atoms with Crippen molar-refractivity contribution in [3.05, 3.63) is 0 Å². The van der Waals surface area contributed by atoms with Gasteiger partial charge in [-0.25, -0.2) is 0 Å². The summed E-state index contributed by atoms with van der Waals surface area (Å²) in [4.78, 5) is 34.4. The summed E-state index contributed by atoms with van der Waals surface area (Å²) in [5, 5.41) is 2.88. The van der Waals surface area contributed by atoms with Crippen LogP contribution in [0.2, 0.25) is 0 Å². The maximum absolute atomic E-state index is 11.9. The van der Waals surface area contributed by atoms with E-state index in [1.54, 1.807) is 0 Å². The minimum atomic E-state index is -0.629. The Morgan fingerprint density at radius 3 is 2.42 bits per heavy atom. The van der Waals surface area contributed by atoms with Crippen molar-refractivity contribution in [2.75, 3.05) is 6.61 Å². The van der Waals surface area contributed by atoms with E-state index in [9.17, 15) is 14.4 Å². The van der Waals surface area contributed by atoms with Gasteiger partial charge in [0.1, 0.15) is 18.8 Å². The average Bonchev–Trinajstić information content (AvgIpc) is 2.50. The Morgan fingerprint density at radius 1 is 1.21 bits per heavy atom. The monoisotopic (exact) mass is 339 g/mol. The lowest BCUT2D eigenvalue weighted by atomic mass is 9.85. The number of ether oxygens (including phenoxy) is 3. The molecule has 7 heteroatoms.